The van der Waals surface area contributed by atoms with Crippen molar-refractivity contribution in [2.45, 2.75) is 27.3 Å². The van der Waals surface area contributed by atoms with Crippen molar-refractivity contribution in [2.24, 2.45) is 0 Å². The summed E-state index contributed by atoms with van der Waals surface area (Å²) < 4.78 is 17.7. The molecule has 2 aromatic carbocycles. The smallest absolute Gasteiger partial charge is 0.231 e. The number of benzene rings is 2. The monoisotopic (exact) mass is 477 g/mol. The van der Waals surface area contributed by atoms with E-state index in [1.54, 1.807) is 0 Å². The molecule has 1 fully saturated rings. The predicted octanol–water partition coefficient (Wildman–Crippen LogP) is 3.94. The maximum Gasteiger partial charge on any atom is 0.231 e. The molecule has 186 valence electrons. The lowest BCUT2D eigenvalue weighted by molar-refractivity contribution is 0.0239. The Morgan fingerprint density at radius 2 is 1.71 bits per heavy atom. The Hall–Kier alpha value is -2.87. The first kappa shape index (κ1) is 23.9. The van der Waals surface area contributed by atoms with Gasteiger partial charge in [-0.1, -0.05) is 12.1 Å². The number of ether oxygens (including phenoxy) is 3. The molecule has 7 heteroatoms. The number of hydrogen-bond donors (Lipinski definition) is 0. The zero-order valence-electron chi connectivity index (χ0n) is 21.0. The highest BCUT2D eigenvalue weighted by atomic mass is 16.5. The van der Waals surface area contributed by atoms with Gasteiger partial charge in [0.15, 0.2) is 5.76 Å². The Morgan fingerprint density at radius 3 is 2.43 bits per heavy atom. The fraction of sp³-hybridized carbons (Fsp3) is 0.464. The van der Waals surface area contributed by atoms with E-state index in [0.29, 0.717) is 23.8 Å². The largest absolute Gasteiger partial charge is 0.477 e. The quantitative estimate of drug-likeness (QED) is 0.560. The Bertz CT molecular complexity index is 1100. The van der Waals surface area contributed by atoms with Gasteiger partial charge in [-0.2, -0.15) is 0 Å². The van der Waals surface area contributed by atoms with Crippen LogP contribution in [-0.4, -0.2) is 74.8 Å². The summed E-state index contributed by atoms with van der Waals surface area (Å²) >= 11 is 0. The molecule has 3 aliphatic rings. The average Bonchev–Trinajstić information content (AvgIpc) is 3.20. The van der Waals surface area contributed by atoms with Crippen LogP contribution >= 0.6 is 0 Å². The van der Waals surface area contributed by atoms with Crippen molar-refractivity contribution in [1.82, 2.24) is 9.80 Å². The van der Waals surface area contributed by atoms with Gasteiger partial charge in [0.25, 0.3) is 0 Å². The second-order valence-electron chi connectivity index (χ2n) is 9.35. The molecule has 0 aromatic heterocycles. The zero-order chi connectivity index (χ0) is 24.4. The standard InChI is InChI=1S/C28H35N3O4/c1-4-31(5-2)23-8-6-21(7-9-23)16-25-26(32)24-17-22-18-30(11-10-29-12-14-33-15-13-29)19-34-27(22)20(3)28(24)35-25/h6-9,16-17H,4-5,10-15,18-19H2,1-3H3/b25-16-. The molecule has 0 N–H and O–H groups in total. The van der Waals surface area contributed by atoms with Gasteiger partial charge >= 0.3 is 0 Å². The number of hydrogen-bond acceptors (Lipinski definition) is 7. The van der Waals surface area contributed by atoms with Crippen molar-refractivity contribution >= 4 is 17.5 Å². The van der Waals surface area contributed by atoms with Crippen LogP contribution in [0.15, 0.2) is 36.1 Å². The number of carbonyl (C=O) groups is 1. The minimum Gasteiger partial charge on any atom is -0.477 e. The Labute approximate surface area is 207 Å². The normalized spacial score (nSPS) is 19.3. The molecular weight excluding hydrogens is 442 g/mol. The molecule has 0 amide bonds. The van der Waals surface area contributed by atoms with E-state index in [0.717, 1.165) is 81.5 Å². The molecule has 0 unspecified atom stereocenters. The first-order valence-electron chi connectivity index (χ1n) is 12.7. The second kappa shape index (κ2) is 10.4. The third kappa shape index (κ3) is 4.94. The van der Waals surface area contributed by atoms with Gasteiger partial charge in [0.1, 0.15) is 18.2 Å². The van der Waals surface area contributed by atoms with E-state index in [4.69, 9.17) is 14.2 Å². The van der Waals surface area contributed by atoms with Gasteiger partial charge in [-0.25, -0.2) is 0 Å². The second-order valence-corrected chi connectivity index (χ2v) is 9.35. The molecule has 5 rings (SSSR count). The van der Waals surface area contributed by atoms with Crippen molar-refractivity contribution in [2.75, 3.05) is 64.1 Å². The van der Waals surface area contributed by atoms with E-state index in [1.165, 1.54) is 5.69 Å². The lowest BCUT2D eigenvalue weighted by atomic mass is 10.00. The van der Waals surface area contributed by atoms with E-state index in [-0.39, 0.29) is 5.78 Å². The van der Waals surface area contributed by atoms with Crippen molar-refractivity contribution in [3.8, 4) is 11.5 Å². The first-order valence-corrected chi connectivity index (χ1v) is 12.7. The Morgan fingerprint density at radius 1 is 1.00 bits per heavy atom. The van der Waals surface area contributed by atoms with E-state index in [2.05, 4.69) is 40.7 Å². The van der Waals surface area contributed by atoms with Gasteiger partial charge in [-0.15, -0.1) is 0 Å². The van der Waals surface area contributed by atoms with Gasteiger partial charge < -0.3 is 19.1 Å². The molecule has 0 atom stereocenters. The summed E-state index contributed by atoms with van der Waals surface area (Å²) in [5.41, 5.74) is 4.71. The number of Topliss-reactive ketones (excluding diaryl/α,β-unsaturated/α-hetero) is 1. The molecule has 0 bridgehead atoms. The lowest BCUT2D eigenvalue weighted by Crippen LogP contribution is -2.43. The molecule has 1 saturated heterocycles. The van der Waals surface area contributed by atoms with Crippen molar-refractivity contribution in [3.63, 3.8) is 0 Å². The molecule has 0 saturated carbocycles. The third-order valence-electron chi connectivity index (χ3n) is 7.16. The third-order valence-corrected chi connectivity index (χ3v) is 7.16. The molecule has 0 spiro atoms. The van der Waals surface area contributed by atoms with E-state index < -0.39 is 0 Å². The van der Waals surface area contributed by atoms with Crippen molar-refractivity contribution in [3.05, 3.63) is 58.3 Å². The van der Waals surface area contributed by atoms with Crippen LogP contribution in [-0.2, 0) is 11.3 Å². The van der Waals surface area contributed by atoms with E-state index >= 15 is 0 Å². The highest BCUT2D eigenvalue weighted by molar-refractivity contribution is 6.15. The van der Waals surface area contributed by atoms with Crippen LogP contribution in [0.3, 0.4) is 0 Å². The van der Waals surface area contributed by atoms with Gasteiger partial charge in [0.05, 0.1) is 18.8 Å². The minimum atomic E-state index is -0.0656. The summed E-state index contributed by atoms with van der Waals surface area (Å²) in [5, 5.41) is 0. The topological polar surface area (TPSA) is 54.5 Å². The number of anilines is 1. The van der Waals surface area contributed by atoms with E-state index in [9.17, 15) is 4.79 Å². The van der Waals surface area contributed by atoms with Crippen LogP contribution in [0.1, 0.15) is 40.9 Å². The molecular formula is C28H35N3O4. The van der Waals surface area contributed by atoms with Gasteiger partial charge in [0, 0.05) is 62.6 Å². The number of carbonyl (C=O) groups excluding carboxylic acids is 1. The zero-order valence-corrected chi connectivity index (χ0v) is 21.0. The van der Waals surface area contributed by atoms with Crippen LogP contribution in [0, 0.1) is 6.92 Å². The molecule has 35 heavy (non-hydrogen) atoms. The maximum absolute atomic E-state index is 13.2. The number of nitrogens with zero attached hydrogens (tertiary/aromatic N) is 3. The van der Waals surface area contributed by atoms with Crippen LogP contribution in [0.5, 0.6) is 11.5 Å². The Balaban J connectivity index is 1.30. The number of ketones is 1. The van der Waals surface area contributed by atoms with Crippen molar-refractivity contribution < 1.29 is 19.0 Å². The van der Waals surface area contributed by atoms with Crippen molar-refractivity contribution in [1.29, 1.82) is 0 Å². The fourth-order valence-corrected chi connectivity index (χ4v) is 5.07. The molecule has 7 nitrogen and oxygen atoms in total. The average molecular weight is 478 g/mol. The highest BCUT2D eigenvalue weighted by Gasteiger charge is 2.33. The van der Waals surface area contributed by atoms with Crippen LogP contribution in [0.25, 0.3) is 6.08 Å². The molecule has 3 heterocycles. The summed E-state index contributed by atoms with van der Waals surface area (Å²) in [7, 11) is 0. The van der Waals surface area contributed by atoms with Crippen LogP contribution in [0.4, 0.5) is 5.69 Å². The Kier molecular flexibility index (Phi) is 7.09. The molecule has 3 aliphatic heterocycles. The van der Waals surface area contributed by atoms with Crippen LogP contribution in [0.2, 0.25) is 0 Å². The van der Waals surface area contributed by atoms with Gasteiger partial charge in [-0.3, -0.25) is 14.6 Å². The molecule has 0 aliphatic carbocycles. The summed E-state index contributed by atoms with van der Waals surface area (Å²) in [5.74, 6) is 1.78. The minimum absolute atomic E-state index is 0.0656. The number of fused-ring (bicyclic) bond motifs is 2. The summed E-state index contributed by atoms with van der Waals surface area (Å²) in [6, 6.07) is 10.2. The number of allylic oxidation sites excluding steroid dienone is 1. The fourth-order valence-electron chi connectivity index (χ4n) is 5.07. The number of morpholine rings is 1. The summed E-state index contributed by atoms with van der Waals surface area (Å²) in [6.07, 6.45) is 1.84. The van der Waals surface area contributed by atoms with Crippen LogP contribution < -0.4 is 14.4 Å². The number of rotatable bonds is 7. The lowest BCUT2D eigenvalue weighted by Gasteiger charge is -2.33. The maximum atomic E-state index is 13.2. The highest BCUT2D eigenvalue weighted by Crippen LogP contribution is 2.43. The van der Waals surface area contributed by atoms with E-state index in [1.807, 2.05) is 31.2 Å². The van der Waals surface area contributed by atoms with Gasteiger partial charge in [-0.05, 0) is 50.6 Å². The predicted molar refractivity (Wildman–Crippen MR) is 137 cm³/mol. The summed E-state index contributed by atoms with van der Waals surface area (Å²) in [4.78, 5) is 20.3. The SMILES string of the molecule is CCN(CC)c1ccc(/C=C2\Oc3c(cc4c(c3C)OCN(CCN3CCOCC3)C4)C2=O)cc1. The summed E-state index contributed by atoms with van der Waals surface area (Å²) in [6.45, 7) is 15.0. The van der Waals surface area contributed by atoms with Gasteiger partial charge in [0.2, 0.25) is 5.78 Å². The molecule has 2 aromatic rings. The molecule has 0 radical (unpaired) electrons. The first-order chi connectivity index (χ1) is 17.1.